The Kier molecular flexibility index (Phi) is 5.56. The van der Waals surface area contributed by atoms with Crippen molar-refractivity contribution >= 4 is 23.4 Å². The highest BCUT2D eigenvalue weighted by Gasteiger charge is 2.15. The van der Waals surface area contributed by atoms with E-state index in [0.29, 0.717) is 23.2 Å². The Morgan fingerprint density at radius 3 is 2.70 bits per heavy atom. The lowest BCUT2D eigenvalue weighted by Crippen LogP contribution is -2.10. The van der Waals surface area contributed by atoms with E-state index in [0.717, 1.165) is 11.3 Å². The van der Waals surface area contributed by atoms with Crippen LogP contribution >= 0.6 is 11.6 Å². The van der Waals surface area contributed by atoms with Gasteiger partial charge in [-0.3, -0.25) is 0 Å². The van der Waals surface area contributed by atoms with E-state index in [1.807, 2.05) is 19.1 Å². The topological polar surface area (TPSA) is 91.2 Å². The van der Waals surface area contributed by atoms with Crippen LogP contribution in [0, 0.1) is 6.92 Å². The van der Waals surface area contributed by atoms with E-state index in [4.69, 9.17) is 21.1 Å². The number of nitrogens with one attached hydrogen (secondary N) is 1. The predicted molar refractivity (Wildman–Crippen MR) is 101 cm³/mol. The van der Waals surface area contributed by atoms with E-state index in [1.54, 1.807) is 29.2 Å². The average molecular weight is 388 g/mol. The van der Waals surface area contributed by atoms with Gasteiger partial charge in [0.2, 0.25) is 5.88 Å². The van der Waals surface area contributed by atoms with Gasteiger partial charge >= 0.3 is 5.97 Å². The van der Waals surface area contributed by atoms with Crippen molar-refractivity contribution in [3.05, 3.63) is 58.5 Å². The largest absolute Gasteiger partial charge is 0.480 e. The summed E-state index contributed by atoms with van der Waals surface area (Å²) in [6.07, 6.45) is 3.25. The van der Waals surface area contributed by atoms with Gasteiger partial charge < -0.3 is 14.8 Å². The SMILES string of the molecule is COC(=O)c1ccc(NCc2ccc(C)nc2-n2cc(Cl)cn2)nc1OC. The van der Waals surface area contributed by atoms with Crippen LogP contribution in [0.15, 0.2) is 36.7 Å². The average Bonchev–Trinajstić information content (AvgIpc) is 3.12. The van der Waals surface area contributed by atoms with Crippen molar-refractivity contribution < 1.29 is 14.3 Å². The molecular formula is C18H18ClN5O3. The molecule has 0 spiro atoms. The molecule has 140 valence electrons. The quantitative estimate of drug-likeness (QED) is 0.650. The van der Waals surface area contributed by atoms with Crippen LogP contribution in [-0.4, -0.2) is 39.9 Å². The number of anilines is 1. The van der Waals surface area contributed by atoms with Crippen molar-refractivity contribution in [2.24, 2.45) is 0 Å². The molecule has 27 heavy (non-hydrogen) atoms. The molecule has 0 saturated carbocycles. The summed E-state index contributed by atoms with van der Waals surface area (Å²) in [5.41, 5.74) is 2.02. The lowest BCUT2D eigenvalue weighted by Gasteiger charge is -2.12. The summed E-state index contributed by atoms with van der Waals surface area (Å²) in [4.78, 5) is 20.6. The van der Waals surface area contributed by atoms with Gasteiger partial charge in [0.05, 0.1) is 31.6 Å². The third-order valence-electron chi connectivity index (χ3n) is 3.78. The minimum atomic E-state index is -0.508. The van der Waals surface area contributed by atoms with E-state index < -0.39 is 5.97 Å². The fourth-order valence-corrected chi connectivity index (χ4v) is 2.61. The highest BCUT2D eigenvalue weighted by atomic mass is 35.5. The molecule has 0 aliphatic rings. The number of pyridine rings is 2. The Morgan fingerprint density at radius 2 is 2.04 bits per heavy atom. The molecule has 0 aliphatic carbocycles. The molecule has 1 N–H and O–H groups in total. The highest BCUT2D eigenvalue weighted by Crippen LogP contribution is 2.21. The normalized spacial score (nSPS) is 10.5. The Hall–Kier alpha value is -3.13. The van der Waals surface area contributed by atoms with E-state index in [-0.39, 0.29) is 11.4 Å². The molecule has 9 heteroatoms. The minimum Gasteiger partial charge on any atom is -0.480 e. The third kappa shape index (κ3) is 4.17. The van der Waals surface area contributed by atoms with Crippen LogP contribution < -0.4 is 10.1 Å². The Morgan fingerprint density at radius 1 is 1.22 bits per heavy atom. The highest BCUT2D eigenvalue weighted by molar-refractivity contribution is 6.30. The van der Waals surface area contributed by atoms with Crippen LogP contribution in [0.1, 0.15) is 21.6 Å². The zero-order valence-electron chi connectivity index (χ0n) is 15.1. The van der Waals surface area contributed by atoms with Crippen molar-refractivity contribution in [2.45, 2.75) is 13.5 Å². The van der Waals surface area contributed by atoms with Crippen molar-refractivity contribution in [1.29, 1.82) is 0 Å². The molecule has 0 amide bonds. The molecule has 3 rings (SSSR count). The van der Waals surface area contributed by atoms with Crippen molar-refractivity contribution in [3.8, 4) is 11.7 Å². The van der Waals surface area contributed by atoms with Crippen LogP contribution in [0.5, 0.6) is 5.88 Å². The molecule has 3 heterocycles. The number of hydrogen-bond donors (Lipinski definition) is 1. The lowest BCUT2D eigenvalue weighted by molar-refractivity contribution is 0.0596. The molecule has 0 fully saturated rings. The van der Waals surface area contributed by atoms with Gasteiger partial charge in [-0.15, -0.1) is 0 Å². The molecule has 0 unspecified atom stereocenters. The Labute approximate surface area is 161 Å². The van der Waals surface area contributed by atoms with Gasteiger partial charge in [0, 0.05) is 17.8 Å². The molecule has 0 atom stereocenters. The van der Waals surface area contributed by atoms with Gasteiger partial charge in [-0.2, -0.15) is 10.1 Å². The predicted octanol–water partition coefficient (Wildman–Crippen LogP) is 3.03. The third-order valence-corrected chi connectivity index (χ3v) is 3.98. The summed E-state index contributed by atoms with van der Waals surface area (Å²) < 4.78 is 11.5. The summed E-state index contributed by atoms with van der Waals surface area (Å²) in [7, 11) is 2.75. The number of esters is 1. The van der Waals surface area contributed by atoms with Crippen LogP contribution in [0.25, 0.3) is 5.82 Å². The molecular weight excluding hydrogens is 370 g/mol. The van der Waals surface area contributed by atoms with Crippen molar-refractivity contribution in [2.75, 3.05) is 19.5 Å². The van der Waals surface area contributed by atoms with Gasteiger partial charge in [0.1, 0.15) is 11.4 Å². The molecule has 0 radical (unpaired) electrons. The second-order valence-electron chi connectivity index (χ2n) is 5.64. The zero-order chi connectivity index (χ0) is 19.4. The number of ether oxygens (including phenoxy) is 2. The maximum absolute atomic E-state index is 11.7. The molecule has 0 aromatic carbocycles. The van der Waals surface area contributed by atoms with Crippen molar-refractivity contribution in [3.63, 3.8) is 0 Å². The zero-order valence-corrected chi connectivity index (χ0v) is 15.8. The van der Waals surface area contributed by atoms with Crippen LogP contribution in [-0.2, 0) is 11.3 Å². The molecule has 0 saturated heterocycles. The van der Waals surface area contributed by atoms with E-state index in [9.17, 15) is 4.79 Å². The standard InChI is InChI=1S/C18H18ClN5O3/c1-11-4-5-12(16(22-11)24-10-13(19)9-21-24)8-20-15-7-6-14(18(25)27-3)17(23-15)26-2/h4-7,9-10H,8H2,1-3H3,(H,20,23). The van der Waals surface area contributed by atoms with Gasteiger partial charge in [-0.25, -0.2) is 14.5 Å². The minimum absolute atomic E-state index is 0.188. The number of aromatic nitrogens is 4. The van der Waals surface area contributed by atoms with Gasteiger partial charge in [-0.05, 0) is 25.1 Å². The second kappa shape index (κ2) is 8.05. The van der Waals surface area contributed by atoms with Crippen LogP contribution in [0.2, 0.25) is 5.02 Å². The monoisotopic (exact) mass is 387 g/mol. The van der Waals surface area contributed by atoms with Crippen LogP contribution in [0.3, 0.4) is 0 Å². The molecule has 3 aromatic rings. The van der Waals surface area contributed by atoms with E-state index >= 15 is 0 Å². The fourth-order valence-electron chi connectivity index (χ4n) is 2.47. The second-order valence-corrected chi connectivity index (χ2v) is 6.07. The fraction of sp³-hybridized carbons (Fsp3) is 0.222. The summed E-state index contributed by atoms with van der Waals surface area (Å²) in [6.45, 7) is 2.34. The lowest BCUT2D eigenvalue weighted by atomic mass is 10.2. The summed E-state index contributed by atoms with van der Waals surface area (Å²) in [5, 5.41) is 7.95. The smallest absolute Gasteiger partial charge is 0.343 e. The van der Waals surface area contributed by atoms with Gasteiger partial charge in [0.15, 0.2) is 5.82 Å². The molecule has 3 aromatic heterocycles. The van der Waals surface area contributed by atoms with Gasteiger partial charge in [-0.1, -0.05) is 17.7 Å². The first-order valence-corrected chi connectivity index (χ1v) is 8.44. The first-order valence-electron chi connectivity index (χ1n) is 8.06. The Balaban J connectivity index is 1.84. The maximum Gasteiger partial charge on any atom is 0.343 e. The van der Waals surface area contributed by atoms with Crippen LogP contribution in [0.4, 0.5) is 5.82 Å². The number of halogens is 1. The number of carbonyl (C=O) groups is 1. The van der Waals surface area contributed by atoms with E-state index in [2.05, 4.69) is 20.4 Å². The number of aryl methyl sites for hydroxylation is 1. The maximum atomic E-state index is 11.7. The van der Waals surface area contributed by atoms with Gasteiger partial charge in [0.25, 0.3) is 0 Å². The number of rotatable bonds is 6. The van der Waals surface area contributed by atoms with E-state index in [1.165, 1.54) is 14.2 Å². The molecule has 0 aliphatic heterocycles. The Bertz CT molecular complexity index is 973. The number of nitrogens with zero attached hydrogens (tertiary/aromatic N) is 4. The molecule has 8 nitrogen and oxygen atoms in total. The summed E-state index contributed by atoms with van der Waals surface area (Å²) >= 11 is 5.97. The summed E-state index contributed by atoms with van der Waals surface area (Å²) in [6, 6.07) is 7.16. The first kappa shape index (κ1) is 18.7. The number of methoxy groups -OCH3 is 2. The number of hydrogen-bond acceptors (Lipinski definition) is 7. The summed E-state index contributed by atoms with van der Waals surface area (Å²) in [5.74, 6) is 0.900. The van der Waals surface area contributed by atoms with Crippen molar-refractivity contribution in [1.82, 2.24) is 19.7 Å². The number of carbonyl (C=O) groups excluding carboxylic acids is 1. The first-order chi connectivity index (χ1) is 13.0. The molecule has 0 bridgehead atoms.